The lowest BCUT2D eigenvalue weighted by atomic mass is 9.78. The summed E-state index contributed by atoms with van der Waals surface area (Å²) in [6.07, 6.45) is 4.90. The Morgan fingerprint density at radius 1 is 1.00 bits per heavy atom. The molecule has 258 valence electrons. The Morgan fingerprint density at radius 3 is 2.37 bits per heavy atom. The van der Waals surface area contributed by atoms with Crippen LogP contribution in [0, 0.1) is 36.0 Å². The Hall–Kier alpha value is -4.36. The number of carboxylic acid groups (broad SMARTS) is 1. The molecule has 3 aromatic rings. The van der Waals surface area contributed by atoms with Gasteiger partial charge in [-0.15, -0.1) is 0 Å². The number of nitrogens with zero attached hydrogens (tertiary/aromatic N) is 7. The Kier molecular flexibility index (Phi) is 9.14. The van der Waals surface area contributed by atoms with Gasteiger partial charge in [-0.1, -0.05) is 13.8 Å². The van der Waals surface area contributed by atoms with E-state index in [0.717, 1.165) is 106 Å². The SMILES string of the molecule is CC(=O)N1CCc2c(c(N3CCCc4cc(C#N)c(C)cc43)nn2C2CCN(CC3[C@H](C)CN(c4ccc(C(=O)O)cc4)C[C@@H]3C)CC2)C1. The lowest BCUT2D eigenvalue weighted by Gasteiger charge is -2.45. The van der Waals surface area contributed by atoms with Crippen LogP contribution in [0.2, 0.25) is 0 Å². The second kappa shape index (κ2) is 13.5. The highest BCUT2D eigenvalue weighted by atomic mass is 16.4. The average molecular weight is 664 g/mol. The van der Waals surface area contributed by atoms with Crippen molar-refractivity contribution in [3.63, 3.8) is 0 Å². The molecule has 49 heavy (non-hydrogen) atoms. The molecule has 1 unspecified atom stereocenters. The molecule has 1 N–H and O–H groups in total. The van der Waals surface area contributed by atoms with Crippen LogP contribution >= 0.6 is 0 Å². The number of aromatic carboxylic acids is 1. The number of nitriles is 1. The predicted molar refractivity (Wildman–Crippen MR) is 190 cm³/mol. The maximum Gasteiger partial charge on any atom is 0.335 e. The molecule has 4 aliphatic heterocycles. The summed E-state index contributed by atoms with van der Waals surface area (Å²) in [6, 6.07) is 14.2. The van der Waals surface area contributed by atoms with Gasteiger partial charge in [0, 0.05) is 81.8 Å². The van der Waals surface area contributed by atoms with E-state index in [4.69, 9.17) is 5.10 Å². The predicted octanol–water partition coefficient (Wildman–Crippen LogP) is 5.80. The number of amides is 1. The first-order valence-corrected chi connectivity index (χ1v) is 18.1. The van der Waals surface area contributed by atoms with Gasteiger partial charge in [-0.25, -0.2) is 4.79 Å². The minimum Gasteiger partial charge on any atom is -0.478 e. The normalized spacial score (nSPS) is 23.2. The maximum absolute atomic E-state index is 12.5. The molecule has 10 heteroatoms. The highest BCUT2D eigenvalue weighted by Gasteiger charge is 2.37. The molecule has 0 saturated carbocycles. The topological polar surface area (TPSA) is 109 Å². The zero-order chi connectivity index (χ0) is 34.4. The Morgan fingerprint density at radius 2 is 1.71 bits per heavy atom. The highest BCUT2D eigenvalue weighted by molar-refractivity contribution is 5.88. The lowest BCUT2D eigenvalue weighted by Crippen LogP contribution is -2.49. The number of anilines is 3. The van der Waals surface area contributed by atoms with Gasteiger partial charge in [0.25, 0.3) is 0 Å². The van der Waals surface area contributed by atoms with E-state index < -0.39 is 5.97 Å². The molecule has 4 aliphatic rings. The van der Waals surface area contributed by atoms with Gasteiger partial charge in [0.15, 0.2) is 5.82 Å². The summed E-state index contributed by atoms with van der Waals surface area (Å²) < 4.78 is 2.34. The van der Waals surface area contributed by atoms with Crippen LogP contribution in [0.15, 0.2) is 36.4 Å². The van der Waals surface area contributed by atoms with E-state index in [9.17, 15) is 20.0 Å². The number of aromatic nitrogens is 2. The van der Waals surface area contributed by atoms with Gasteiger partial charge in [0.1, 0.15) is 0 Å². The number of carbonyl (C=O) groups excluding carboxylic acids is 1. The number of aryl methyl sites for hydroxylation is 2. The first-order chi connectivity index (χ1) is 23.6. The Labute approximate surface area is 289 Å². The van der Waals surface area contributed by atoms with Crippen molar-refractivity contribution in [1.82, 2.24) is 19.6 Å². The number of hydrogen-bond acceptors (Lipinski definition) is 7. The van der Waals surface area contributed by atoms with Crippen molar-refractivity contribution >= 4 is 29.1 Å². The van der Waals surface area contributed by atoms with Crippen molar-refractivity contribution in [3.05, 3.63) is 69.9 Å². The van der Waals surface area contributed by atoms with E-state index in [0.29, 0.717) is 35.9 Å². The monoisotopic (exact) mass is 663 g/mol. The van der Waals surface area contributed by atoms with Crippen molar-refractivity contribution in [2.24, 2.45) is 17.8 Å². The van der Waals surface area contributed by atoms with Crippen LogP contribution in [0.4, 0.5) is 17.2 Å². The van der Waals surface area contributed by atoms with Crippen LogP contribution in [-0.4, -0.2) is 82.4 Å². The third-order valence-corrected chi connectivity index (χ3v) is 11.8. The summed E-state index contributed by atoms with van der Waals surface area (Å²) in [6.45, 7) is 15.8. The Balaban J connectivity index is 1.06. The van der Waals surface area contributed by atoms with Gasteiger partial charge in [-0.3, -0.25) is 9.48 Å². The summed E-state index contributed by atoms with van der Waals surface area (Å²) >= 11 is 0. The van der Waals surface area contributed by atoms with Gasteiger partial charge < -0.3 is 24.7 Å². The van der Waals surface area contributed by atoms with Crippen LogP contribution in [0.3, 0.4) is 0 Å². The van der Waals surface area contributed by atoms with E-state index >= 15 is 0 Å². The van der Waals surface area contributed by atoms with E-state index in [2.05, 4.69) is 51.4 Å². The number of fused-ring (bicyclic) bond motifs is 2. The minimum atomic E-state index is -0.887. The van der Waals surface area contributed by atoms with E-state index in [1.807, 2.05) is 24.0 Å². The summed E-state index contributed by atoms with van der Waals surface area (Å²) in [5.74, 6) is 1.88. The largest absolute Gasteiger partial charge is 0.478 e. The third kappa shape index (κ3) is 6.41. The number of hydrogen-bond donors (Lipinski definition) is 1. The molecule has 3 atom stereocenters. The van der Waals surface area contributed by atoms with Crippen molar-refractivity contribution in [2.45, 2.75) is 72.4 Å². The van der Waals surface area contributed by atoms with Crippen LogP contribution in [0.1, 0.15) is 84.4 Å². The molecular weight excluding hydrogens is 614 g/mol. The smallest absolute Gasteiger partial charge is 0.335 e. The van der Waals surface area contributed by atoms with Gasteiger partial charge in [-0.05, 0) is 97.9 Å². The number of piperidine rings is 2. The van der Waals surface area contributed by atoms with Gasteiger partial charge in [0.05, 0.1) is 29.8 Å². The number of benzene rings is 2. The summed E-state index contributed by atoms with van der Waals surface area (Å²) in [5, 5.41) is 24.4. The maximum atomic E-state index is 12.5. The molecule has 2 fully saturated rings. The first kappa shape index (κ1) is 33.2. The average Bonchev–Trinajstić information content (AvgIpc) is 3.48. The number of carboxylic acids is 1. The fourth-order valence-electron chi connectivity index (χ4n) is 8.93. The quantitative estimate of drug-likeness (QED) is 0.353. The standard InChI is InChI=1S/C39H49N7O3/c1-25-18-37-30(19-31(25)20-40)6-5-14-45(37)38-35-24-43(28(4)47)17-13-36(35)46(41-38)33-11-15-42(16-12-33)23-34-26(2)21-44(22-27(34)3)32-9-7-29(8-10-32)39(48)49/h7-10,18-19,26-27,33-34H,5-6,11-17,21-24H2,1-4H3,(H,48,49)/t26-,27+,34?. The molecule has 5 heterocycles. The minimum absolute atomic E-state index is 0.108. The van der Waals surface area contributed by atoms with Crippen molar-refractivity contribution in [3.8, 4) is 6.07 Å². The Bertz CT molecular complexity index is 1760. The van der Waals surface area contributed by atoms with Crippen molar-refractivity contribution in [2.75, 3.05) is 55.6 Å². The fourth-order valence-corrected chi connectivity index (χ4v) is 8.93. The molecule has 2 saturated heterocycles. The molecule has 0 bridgehead atoms. The first-order valence-electron chi connectivity index (χ1n) is 18.1. The van der Waals surface area contributed by atoms with Crippen molar-refractivity contribution < 1.29 is 14.7 Å². The molecule has 1 aromatic heterocycles. The zero-order valence-electron chi connectivity index (χ0n) is 29.4. The van der Waals surface area contributed by atoms with Crippen LogP contribution in [0.5, 0.6) is 0 Å². The molecule has 0 aliphatic carbocycles. The summed E-state index contributed by atoms with van der Waals surface area (Å²) in [4.78, 5) is 33.2. The van der Waals surface area contributed by atoms with Crippen molar-refractivity contribution in [1.29, 1.82) is 5.26 Å². The van der Waals surface area contributed by atoms with E-state index in [1.54, 1.807) is 19.1 Å². The number of likely N-dealkylation sites (tertiary alicyclic amines) is 1. The number of carbonyl (C=O) groups is 2. The molecule has 10 nitrogen and oxygen atoms in total. The summed E-state index contributed by atoms with van der Waals surface area (Å²) in [7, 11) is 0. The van der Waals surface area contributed by atoms with Gasteiger partial charge in [-0.2, -0.15) is 10.4 Å². The summed E-state index contributed by atoms with van der Waals surface area (Å²) in [5.41, 5.74) is 7.99. The number of rotatable bonds is 6. The third-order valence-electron chi connectivity index (χ3n) is 11.8. The van der Waals surface area contributed by atoms with Crippen LogP contribution < -0.4 is 9.80 Å². The fraction of sp³-hybridized carbons (Fsp3) is 0.538. The molecule has 2 aromatic carbocycles. The molecular formula is C39H49N7O3. The van der Waals surface area contributed by atoms with Crippen LogP contribution in [-0.2, 0) is 24.2 Å². The molecule has 1 amide bonds. The highest BCUT2D eigenvalue weighted by Crippen LogP contribution is 2.41. The molecule has 0 spiro atoms. The van der Waals surface area contributed by atoms with Crippen LogP contribution in [0.25, 0.3) is 0 Å². The second-order valence-corrected chi connectivity index (χ2v) is 15.0. The zero-order valence-corrected chi connectivity index (χ0v) is 29.4. The van der Waals surface area contributed by atoms with E-state index in [-0.39, 0.29) is 5.91 Å². The molecule has 7 rings (SSSR count). The van der Waals surface area contributed by atoms with E-state index in [1.165, 1.54) is 16.8 Å². The van der Waals surface area contributed by atoms with Gasteiger partial charge in [0.2, 0.25) is 5.91 Å². The van der Waals surface area contributed by atoms with Gasteiger partial charge >= 0.3 is 5.97 Å². The molecule has 0 radical (unpaired) electrons. The lowest BCUT2D eigenvalue weighted by molar-refractivity contribution is -0.129. The second-order valence-electron chi connectivity index (χ2n) is 15.0.